The summed E-state index contributed by atoms with van der Waals surface area (Å²) in [6, 6.07) is 0. The first kappa shape index (κ1) is 40.1. The molecule has 0 aromatic rings. The summed E-state index contributed by atoms with van der Waals surface area (Å²) in [6.45, 7) is 22.1. The first-order valence-corrected chi connectivity index (χ1v) is 20.0. The number of carbonyl (C=O) groups excluding carboxylic acids is 2. The van der Waals surface area contributed by atoms with E-state index in [-0.39, 0.29) is 42.7 Å². The van der Waals surface area contributed by atoms with E-state index >= 15 is 0 Å². The lowest BCUT2D eigenvalue weighted by Crippen LogP contribution is -2.53. The zero-order valence-electron chi connectivity index (χ0n) is 28.6. The Labute approximate surface area is 260 Å². The van der Waals surface area contributed by atoms with E-state index in [0.29, 0.717) is 18.8 Å². The minimum Gasteiger partial charge on any atom is -0.408 e. The quantitative estimate of drug-likeness (QED) is 0.0679. The second kappa shape index (κ2) is 18.3. The highest BCUT2D eigenvalue weighted by molar-refractivity contribution is 7.53. The highest BCUT2D eigenvalue weighted by Crippen LogP contribution is 2.51. The van der Waals surface area contributed by atoms with Gasteiger partial charge in [-0.1, -0.05) is 34.1 Å². The van der Waals surface area contributed by atoms with Crippen LogP contribution < -0.4 is 0 Å². The summed E-state index contributed by atoms with van der Waals surface area (Å²) in [7, 11) is -4.47. The van der Waals surface area contributed by atoms with Crippen molar-refractivity contribution >= 4 is 27.6 Å². The van der Waals surface area contributed by atoms with Gasteiger partial charge in [0.05, 0.1) is 38.7 Å². The fraction of sp³-hybridized carbons (Fsp3) is 0.867. The summed E-state index contributed by atoms with van der Waals surface area (Å²) in [4.78, 5) is 26.6. The monoisotopic (exact) mass is 651 g/mol. The number of hydrogen-bond donors (Lipinski definition) is 0. The van der Waals surface area contributed by atoms with E-state index in [0.717, 1.165) is 12.8 Å². The molecule has 13 heteroatoms. The SMILES string of the molecule is CCCCO[C@H](CP(=O)(OCC)OCC)[C@H]1O[C@@H](N(/C=C(/C)C(C)=O)C(C)=O)[C@H](OCCOC)[C@@H]1O[Si](C)(C)C(C)(C)C. The molecular formula is C30H58NO10PSi. The Morgan fingerprint density at radius 1 is 1.00 bits per heavy atom. The third-order valence-corrected chi connectivity index (χ3v) is 14.4. The van der Waals surface area contributed by atoms with Gasteiger partial charge in [-0.2, -0.15) is 0 Å². The smallest absolute Gasteiger partial charge is 0.333 e. The molecule has 0 aliphatic carbocycles. The summed E-state index contributed by atoms with van der Waals surface area (Å²) in [6.07, 6.45) is -0.909. The Morgan fingerprint density at radius 3 is 2.07 bits per heavy atom. The van der Waals surface area contributed by atoms with Crippen LogP contribution in [0.3, 0.4) is 0 Å². The molecule has 1 aliphatic heterocycles. The lowest BCUT2D eigenvalue weighted by Gasteiger charge is -2.41. The van der Waals surface area contributed by atoms with Crippen molar-refractivity contribution in [3.05, 3.63) is 11.8 Å². The third kappa shape index (κ3) is 12.1. The number of unbranched alkanes of at least 4 members (excludes halogenated alkanes) is 1. The molecule has 5 atom stereocenters. The lowest BCUT2D eigenvalue weighted by molar-refractivity contribution is -0.151. The molecule has 0 radical (unpaired) electrons. The molecule has 1 saturated heterocycles. The molecule has 0 N–H and O–H groups in total. The van der Waals surface area contributed by atoms with Gasteiger partial charge in [0.15, 0.2) is 20.3 Å². The molecule has 0 aromatic carbocycles. The molecule has 0 saturated carbocycles. The standard InChI is InChI=1S/C30H58NO10PSi/c1-13-16-17-36-25(21-42(34,38-14-2)39-15-3)26-27(41-43(11,12)30(7,8)9)28(37-19-18-35-10)29(40-26)31(24(6)33)20-22(4)23(5)32/h20,25-29H,13-19,21H2,1-12H3/b22-20-/t25-,26-,27-,28-,29-/m1/s1. The molecular weight excluding hydrogens is 593 g/mol. The number of carbonyl (C=O) groups is 2. The van der Waals surface area contributed by atoms with Crippen molar-refractivity contribution < 1.29 is 46.6 Å². The maximum Gasteiger partial charge on any atom is 0.333 e. The van der Waals surface area contributed by atoms with Gasteiger partial charge in [-0.15, -0.1) is 0 Å². The van der Waals surface area contributed by atoms with Gasteiger partial charge in [-0.25, -0.2) is 0 Å². The van der Waals surface area contributed by atoms with Crippen molar-refractivity contribution in [1.82, 2.24) is 4.90 Å². The number of Topliss-reactive ketones (excluding diaryl/α,β-unsaturated/α-hetero) is 1. The molecule has 252 valence electrons. The van der Waals surface area contributed by atoms with Gasteiger partial charge in [0, 0.05) is 32.4 Å². The molecule has 0 spiro atoms. The van der Waals surface area contributed by atoms with Gasteiger partial charge in [0.1, 0.15) is 18.3 Å². The van der Waals surface area contributed by atoms with E-state index in [4.69, 9.17) is 32.4 Å². The first-order chi connectivity index (χ1) is 20.0. The van der Waals surface area contributed by atoms with Crippen LogP contribution in [0, 0.1) is 0 Å². The highest BCUT2D eigenvalue weighted by Gasteiger charge is 2.56. The number of rotatable bonds is 20. The summed E-state index contributed by atoms with van der Waals surface area (Å²) in [5.41, 5.74) is 0.382. The Bertz CT molecular complexity index is 944. The zero-order chi connectivity index (χ0) is 33.0. The number of hydrogen-bond acceptors (Lipinski definition) is 10. The summed E-state index contributed by atoms with van der Waals surface area (Å²) >= 11 is 0. The maximum atomic E-state index is 13.8. The van der Waals surface area contributed by atoms with Crippen molar-refractivity contribution in [3.63, 3.8) is 0 Å². The fourth-order valence-electron chi connectivity index (χ4n) is 4.31. The maximum absolute atomic E-state index is 13.8. The normalized spacial score (nSPS) is 22.6. The molecule has 43 heavy (non-hydrogen) atoms. The van der Waals surface area contributed by atoms with Gasteiger partial charge < -0.3 is 32.4 Å². The largest absolute Gasteiger partial charge is 0.408 e. The number of methoxy groups -OCH3 is 1. The minimum atomic E-state index is -3.58. The van der Waals surface area contributed by atoms with Crippen LogP contribution in [0.2, 0.25) is 18.1 Å². The second-order valence-electron chi connectivity index (χ2n) is 12.3. The van der Waals surface area contributed by atoms with Gasteiger partial charge in [0.25, 0.3) is 0 Å². The molecule has 1 rings (SSSR count). The summed E-state index contributed by atoms with van der Waals surface area (Å²) in [5.74, 6) is -0.516. The Morgan fingerprint density at radius 2 is 1.60 bits per heavy atom. The van der Waals surface area contributed by atoms with Gasteiger partial charge >= 0.3 is 7.60 Å². The average Bonchev–Trinajstić information content (AvgIpc) is 3.23. The number of ether oxygens (including phenoxy) is 4. The van der Waals surface area contributed by atoms with Crippen LogP contribution in [-0.4, -0.2) is 102 Å². The molecule has 1 fully saturated rings. The summed E-state index contributed by atoms with van der Waals surface area (Å²) in [5, 5.41) is -0.164. The van der Waals surface area contributed by atoms with Crippen molar-refractivity contribution in [2.45, 2.75) is 124 Å². The van der Waals surface area contributed by atoms with Crippen molar-refractivity contribution in [3.8, 4) is 0 Å². The molecule has 0 bridgehead atoms. The lowest BCUT2D eigenvalue weighted by atomic mass is 10.1. The molecule has 1 heterocycles. The number of ketones is 1. The molecule has 1 aliphatic rings. The number of allylic oxidation sites excluding steroid dienone is 1. The number of nitrogens with zero attached hydrogens (tertiary/aromatic N) is 1. The van der Waals surface area contributed by atoms with E-state index in [9.17, 15) is 14.2 Å². The molecule has 0 aromatic heterocycles. The third-order valence-electron chi connectivity index (χ3n) is 7.84. The Hall–Kier alpha value is -0.953. The van der Waals surface area contributed by atoms with E-state index in [2.05, 4.69) is 40.8 Å². The first-order valence-electron chi connectivity index (χ1n) is 15.4. The van der Waals surface area contributed by atoms with Crippen LogP contribution in [0.25, 0.3) is 0 Å². The Kier molecular flexibility index (Phi) is 17.0. The van der Waals surface area contributed by atoms with E-state index < -0.39 is 46.6 Å². The van der Waals surface area contributed by atoms with Crippen molar-refractivity contribution in [2.75, 3.05) is 46.3 Å². The Balaban J connectivity index is 3.85. The van der Waals surface area contributed by atoms with Crippen LogP contribution in [0.4, 0.5) is 0 Å². The molecule has 1 amide bonds. The molecule has 11 nitrogen and oxygen atoms in total. The van der Waals surface area contributed by atoms with Crippen LogP contribution in [0.5, 0.6) is 0 Å². The minimum absolute atomic E-state index is 0.0691. The highest BCUT2D eigenvalue weighted by atomic mass is 31.2. The average molecular weight is 652 g/mol. The van der Waals surface area contributed by atoms with Crippen LogP contribution >= 0.6 is 7.60 Å². The van der Waals surface area contributed by atoms with Gasteiger partial charge in [-0.3, -0.25) is 19.1 Å². The predicted molar refractivity (Wildman–Crippen MR) is 170 cm³/mol. The van der Waals surface area contributed by atoms with Crippen molar-refractivity contribution in [2.24, 2.45) is 0 Å². The van der Waals surface area contributed by atoms with E-state index in [1.807, 2.05) is 0 Å². The zero-order valence-corrected chi connectivity index (χ0v) is 30.5. The van der Waals surface area contributed by atoms with Crippen LogP contribution in [0.15, 0.2) is 11.8 Å². The number of amides is 1. The second-order valence-corrected chi connectivity index (χ2v) is 19.2. The van der Waals surface area contributed by atoms with Crippen LogP contribution in [-0.2, 0) is 46.6 Å². The topological polar surface area (TPSA) is 119 Å². The van der Waals surface area contributed by atoms with E-state index in [1.54, 1.807) is 27.9 Å². The van der Waals surface area contributed by atoms with E-state index in [1.165, 1.54) is 24.9 Å². The fourth-order valence-corrected chi connectivity index (χ4v) is 7.44. The van der Waals surface area contributed by atoms with Crippen molar-refractivity contribution in [1.29, 1.82) is 0 Å². The summed E-state index contributed by atoms with van der Waals surface area (Å²) < 4.78 is 56.9. The molecule has 0 unspecified atom stereocenters. The van der Waals surface area contributed by atoms with Gasteiger partial charge in [0.2, 0.25) is 5.91 Å². The van der Waals surface area contributed by atoms with Crippen LogP contribution in [0.1, 0.15) is 75.2 Å². The van der Waals surface area contributed by atoms with Gasteiger partial charge in [-0.05, 0) is 52.2 Å². The predicted octanol–water partition coefficient (Wildman–Crippen LogP) is 5.93.